The number of halogens is 2. The largest absolute Gasteiger partial charge is 0.388 e. The first-order valence-electron chi connectivity index (χ1n) is 6.75. The number of aliphatic hydroxyl groups is 1. The monoisotopic (exact) mass is 360 g/mol. The lowest BCUT2D eigenvalue weighted by molar-refractivity contribution is 0.180. The molecule has 3 aromatic carbocycles. The third kappa shape index (κ3) is 3.13. The molecule has 0 aromatic heterocycles. The molecular formula is C18H14BrClO. The predicted octanol–water partition coefficient (Wildman–Crippen LogP) is 5.53. The number of aliphatic hydroxyl groups excluding tert-OH is 1. The van der Waals surface area contributed by atoms with Crippen molar-refractivity contribution in [2.75, 3.05) is 0 Å². The SMILES string of the molecule is OC(Cc1ccc(Br)cc1Cl)c1cccc2ccccc12. The Morgan fingerprint density at radius 1 is 1.00 bits per heavy atom. The van der Waals surface area contributed by atoms with Gasteiger partial charge in [-0.2, -0.15) is 0 Å². The zero-order valence-electron chi connectivity index (χ0n) is 11.3. The van der Waals surface area contributed by atoms with E-state index in [1.165, 1.54) is 0 Å². The topological polar surface area (TPSA) is 20.2 Å². The fourth-order valence-corrected chi connectivity index (χ4v) is 3.30. The van der Waals surface area contributed by atoms with Crippen molar-refractivity contribution >= 4 is 38.3 Å². The average molecular weight is 362 g/mol. The molecule has 0 spiro atoms. The fourth-order valence-electron chi connectivity index (χ4n) is 2.55. The molecule has 1 nitrogen and oxygen atoms in total. The van der Waals surface area contributed by atoms with Crippen LogP contribution in [0.1, 0.15) is 17.2 Å². The Kier molecular flexibility index (Phi) is 4.29. The molecule has 3 heteroatoms. The highest BCUT2D eigenvalue weighted by atomic mass is 79.9. The molecule has 0 bridgehead atoms. The maximum Gasteiger partial charge on any atom is 0.0836 e. The van der Waals surface area contributed by atoms with Crippen LogP contribution in [0, 0.1) is 0 Å². The van der Waals surface area contributed by atoms with E-state index >= 15 is 0 Å². The Hall–Kier alpha value is -1.35. The fraction of sp³-hybridized carbons (Fsp3) is 0.111. The number of hydrogen-bond acceptors (Lipinski definition) is 1. The van der Waals surface area contributed by atoms with Crippen LogP contribution >= 0.6 is 27.5 Å². The molecule has 106 valence electrons. The van der Waals surface area contributed by atoms with E-state index in [4.69, 9.17) is 11.6 Å². The lowest BCUT2D eigenvalue weighted by atomic mass is 9.96. The number of benzene rings is 3. The zero-order chi connectivity index (χ0) is 14.8. The van der Waals surface area contributed by atoms with E-state index in [1.807, 2.05) is 48.5 Å². The van der Waals surface area contributed by atoms with Crippen LogP contribution < -0.4 is 0 Å². The molecule has 21 heavy (non-hydrogen) atoms. The first-order chi connectivity index (χ1) is 10.1. The summed E-state index contributed by atoms with van der Waals surface area (Å²) in [5.41, 5.74) is 1.88. The highest BCUT2D eigenvalue weighted by Gasteiger charge is 2.13. The molecule has 0 aliphatic heterocycles. The van der Waals surface area contributed by atoms with Gasteiger partial charge in [-0.05, 0) is 34.0 Å². The molecule has 0 saturated heterocycles. The summed E-state index contributed by atoms with van der Waals surface area (Å²) in [5.74, 6) is 0. The van der Waals surface area contributed by atoms with Crippen molar-refractivity contribution in [1.82, 2.24) is 0 Å². The van der Waals surface area contributed by atoms with Gasteiger partial charge in [0.25, 0.3) is 0 Å². The third-order valence-electron chi connectivity index (χ3n) is 3.61. The van der Waals surface area contributed by atoms with Gasteiger partial charge < -0.3 is 5.11 Å². The van der Waals surface area contributed by atoms with Crippen LogP contribution in [-0.2, 0) is 6.42 Å². The van der Waals surface area contributed by atoms with Gasteiger partial charge in [-0.15, -0.1) is 0 Å². The van der Waals surface area contributed by atoms with Crippen LogP contribution in [0.25, 0.3) is 10.8 Å². The average Bonchev–Trinajstić information content (AvgIpc) is 2.49. The van der Waals surface area contributed by atoms with Crippen LogP contribution in [-0.4, -0.2) is 5.11 Å². The van der Waals surface area contributed by atoms with Crippen LogP contribution in [0.5, 0.6) is 0 Å². The van der Waals surface area contributed by atoms with Crippen LogP contribution in [0.2, 0.25) is 5.02 Å². The Bertz CT molecular complexity index is 780. The molecule has 0 aliphatic carbocycles. The molecule has 1 N–H and O–H groups in total. The summed E-state index contributed by atoms with van der Waals surface area (Å²) in [7, 11) is 0. The Balaban J connectivity index is 1.95. The van der Waals surface area contributed by atoms with Gasteiger partial charge in [-0.1, -0.05) is 76.1 Å². The first-order valence-corrected chi connectivity index (χ1v) is 7.92. The van der Waals surface area contributed by atoms with Crippen molar-refractivity contribution in [3.8, 4) is 0 Å². The highest BCUT2D eigenvalue weighted by molar-refractivity contribution is 9.10. The molecule has 0 aliphatic rings. The van der Waals surface area contributed by atoms with E-state index in [2.05, 4.69) is 28.1 Å². The molecule has 0 radical (unpaired) electrons. The van der Waals surface area contributed by atoms with E-state index in [0.717, 1.165) is 26.4 Å². The van der Waals surface area contributed by atoms with Gasteiger partial charge in [0.15, 0.2) is 0 Å². The van der Waals surface area contributed by atoms with Gasteiger partial charge in [-0.25, -0.2) is 0 Å². The minimum atomic E-state index is -0.574. The second-order valence-corrected chi connectivity index (χ2v) is 6.35. The summed E-state index contributed by atoms with van der Waals surface area (Å²) in [4.78, 5) is 0. The number of rotatable bonds is 3. The number of hydrogen-bond donors (Lipinski definition) is 1. The van der Waals surface area contributed by atoms with Crippen LogP contribution in [0.15, 0.2) is 65.1 Å². The van der Waals surface area contributed by atoms with E-state index in [9.17, 15) is 5.11 Å². The Morgan fingerprint density at radius 2 is 1.76 bits per heavy atom. The lowest BCUT2D eigenvalue weighted by Crippen LogP contribution is -2.03. The van der Waals surface area contributed by atoms with Crippen LogP contribution in [0.3, 0.4) is 0 Å². The molecule has 0 fully saturated rings. The summed E-state index contributed by atoms with van der Waals surface area (Å²) in [6.45, 7) is 0. The second-order valence-electron chi connectivity index (χ2n) is 5.02. The van der Waals surface area contributed by atoms with Gasteiger partial charge >= 0.3 is 0 Å². The van der Waals surface area contributed by atoms with Crippen molar-refractivity contribution in [2.45, 2.75) is 12.5 Å². The van der Waals surface area contributed by atoms with Gasteiger partial charge in [0.05, 0.1) is 6.10 Å². The Morgan fingerprint density at radius 3 is 2.57 bits per heavy atom. The normalized spacial score (nSPS) is 12.5. The van der Waals surface area contributed by atoms with Gasteiger partial charge in [0.1, 0.15) is 0 Å². The quantitative estimate of drug-likeness (QED) is 0.650. The van der Waals surface area contributed by atoms with Crippen molar-refractivity contribution in [3.05, 3.63) is 81.3 Å². The summed E-state index contributed by atoms with van der Waals surface area (Å²) >= 11 is 9.63. The van der Waals surface area contributed by atoms with Gasteiger partial charge in [-0.3, -0.25) is 0 Å². The molecule has 0 heterocycles. The molecular weight excluding hydrogens is 348 g/mol. The van der Waals surface area contributed by atoms with E-state index in [1.54, 1.807) is 0 Å². The summed E-state index contributed by atoms with van der Waals surface area (Å²) in [6.07, 6.45) is -0.0742. The van der Waals surface area contributed by atoms with E-state index < -0.39 is 6.10 Å². The van der Waals surface area contributed by atoms with Gasteiger partial charge in [0.2, 0.25) is 0 Å². The van der Waals surface area contributed by atoms with Gasteiger partial charge in [0, 0.05) is 15.9 Å². The lowest BCUT2D eigenvalue weighted by Gasteiger charge is -2.15. The Labute approximate surface area is 137 Å². The molecule has 1 atom stereocenters. The van der Waals surface area contributed by atoms with E-state index in [-0.39, 0.29) is 0 Å². The minimum Gasteiger partial charge on any atom is -0.388 e. The molecule has 0 amide bonds. The molecule has 3 rings (SSSR count). The molecule has 3 aromatic rings. The second kappa shape index (κ2) is 6.18. The maximum atomic E-state index is 10.6. The number of fused-ring (bicyclic) bond motifs is 1. The van der Waals surface area contributed by atoms with Crippen LogP contribution in [0.4, 0.5) is 0 Å². The summed E-state index contributed by atoms with van der Waals surface area (Å²) in [5, 5.41) is 13.5. The first kappa shape index (κ1) is 14.6. The van der Waals surface area contributed by atoms with Crippen molar-refractivity contribution < 1.29 is 5.11 Å². The van der Waals surface area contributed by atoms with Crippen molar-refractivity contribution in [3.63, 3.8) is 0 Å². The van der Waals surface area contributed by atoms with Crippen molar-refractivity contribution in [2.24, 2.45) is 0 Å². The van der Waals surface area contributed by atoms with E-state index in [0.29, 0.717) is 11.4 Å². The highest BCUT2D eigenvalue weighted by Crippen LogP contribution is 2.29. The summed E-state index contributed by atoms with van der Waals surface area (Å²) in [6, 6.07) is 19.8. The third-order valence-corrected chi connectivity index (χ3v) is 4.46. The zero-order valence-corrected chi connectivity index (χ0v) is 13.6. The standard InChI is InChI=1S/C18H14BrClO/c19-14-9-8-13(17(20)11-14)10-18(21)16-7-3-5-12-4-1-2-6-15(12)16/h1-9,11,18,21H,10H2. The molecule has 1 unspecified atom stereocenters. The maximum absolute atomic E-state index is 10.6. The minimum absolute atomic E-state index is 0.500. The predicted molar refractivity (Wildman–Crippen MR) is 91.8 cm³/mol. The summed E-state index contributed by atoms with van der Waals surface area (Å²) < 4.78 is 0.941. The molecule has 0 saturated carbocycles. The smallest absolute Gasteiger partial charge is 0.0836 e. The van der Waals surface area contributed by atoms with Crippen molar-refractivity contribution in [1.29, 1.82) is 0 Å².